The molecule has 1 N–H and O–H groups in total. The topological polar surface area (TPSA) is 99.1 Å². The normalized spacial score (nSPS) is 14.3. The molecule has 1 atom stereocenters. The molecule has 0 saturated carbocycles. The van der Waals surface area contributed by atoms with Gasteiger partial charge in [0.2, 0.25) is 0 Å². The second-order valence-electron chi connectivity index (χ2n) is 12.4. The van der Waals surface area contributed by atoms with E-state index in [0.29, 0.717) is 13.0 Å². The van der Waals surface area contributed by atoms with Gasteiger partial charge in [0, 0.05) is 26.1 Å². The number of hydrogen-bond acceptors (Lipinski definition) is 7. The summed E-state index contributed by atoms with van der Waals surface area (Å²) in [4.78, 5) is 27.6. The highest BCUT2D eigenvalue weighted by Gasteiger charge is 2.51. The Morgan fingerprint density at radius 3 is 1.55 bits per heavy atom. The minimum atomic E-state index is -5.19. The molecule has 1 unspecified atom stereocenters. The quantitative estimate of drug-likeness (QED) is 0.0867. The van der Waals surface area contributed by atoms with Crippen LogP contribution in [-0.4, -0.2) is 73.2 Å². The van der Waals surface area contributed by atoms with Gasteiger partial charge in [-0.2, -0.15) is 13.2 Å². The Morgan fingerprint density at radius 2 is 1.18 bits per heavy atom. The molecule has 1 fully saturated rings. The molecule has 4 rings (SSSR count). The lowest BCUT2D eigenvalue weighted by Gasteiger charge is -2.26. The van der Waals surface area contributed by atoms with Crippen molar-refractivity contribution < 1.29 is 42.4 Å². The minimum Gasteiger partial charge on any atom is -0.547 e. The number of hydrogen-bond donors (Lipinski definition) is 1. The fourth-order valence-electron chi connectivity index (χ4n) is 4.96. The second kappa shape index (κ2) is 24.7. The van der Waals surface area contributed by atoms with E-state index in [1.54, 1.807) is 0 Å². The first kappa shape index (κ1) is 43.8. The number of benzene rings is 3. The van der Waals surface area contributed by atoms with E-state index < -0.39 is 17.7 Å². The molecular weight excluding hydrogens is 680 g/mol. The van der Waals surface area contributed by atoms with Crippen molar-refractivity contribution in [3.63, 3.8) is 0 Å². The summed E-state index contributed by atoms with van der Waals surface area (Å²) >= 11 is 0. The number of carbonyl (C=O) groups is 2. The number of aliphatic carboxylic acids is 1. The van der Waals surface area contributed by atoms with Crippen LogP contribution < -0.4 is 5.11 Å². The predicted molar refractivity (Wildman–Crippen MR) is 193 cm³/mol. The molecule has 1 saturated heterocycles. The third kappa shape index (κ3) is 17.6. The van der Waals surface area contributed by atoms with E-state index in [1.165, 1.54) is 59.6 Å². The van der Waals surface area contributed by atoms with E-state index in [4.69, 9.17) is 14.6 Å². The summed E-state index contributed by atoms with van der Waals surface area (Å²) in [6.07, 6.45) is 6.89. The zero-order valence-electron chi connectivity index (χ0n) is 30.0. The van der Waals surface area contributed by atoms with Crippen LogP contribution in [0.2, 0.25) is 0 Å². The van der Waals surface area contributed by atoms with Gasteiger partial charge in [-0.1, -0.05) is 113 Å². The standard InChI is InChI=1S/C18H35NO3.C18H15S.C4H5F3O3/c1-2-3-4-5-6-7-8-9-10-11-18(20)22-17-14-19-12-15-21-16-13-19;1-4-10-16(11-5-1)19(17-12-6-2-7-13-17)18-14-8-3-9-15-18;1-3(10,2(8)9)4(5,6)7/h2-17H2,1H3;1-15H;10H,1H3,(H,8,9)/q;+1;/p-1. The summed E-state index contributed by atoms with van der Waals surface area (Å²) in [5.74, 6) is -2.59. The number of unbranched alkanes of at least 4 members (excludes halogenated alkanes) is 8. The molecule has 282 valence electrons. The lowest BCUT2D eigenvalue weighted by molar-refractivity contribution is -0.351. The molecule has 0 aromatic heterocycles. The number of carboxylic acids is 1. The van der Waals surface area contributed by atoms with Crippen molar-refractivity contribution in [1.82, 2.24) is 4.90 Å². The van der Waals surface area contributed by atoms with E-state index in [9.17, 15) is 27.9 Å². The van der Waals surface area contributed by atoms with Gasteiger partial charge >= 0.3 is 12.1 Å². The smallest absolute Gasteiger partial charge is 0.422 e. The highest BCUT2D eigenvalue weighted by atomic mass is 32.2. The number of rotatable bonds is 17. The number of ether oxygens (including phenoxy) is 2. The van der Waals surface area contributed by atoms with E-state index in [-0.39, 0.29) is 23.8 Å². The average Bonchev–Trinajstić information content (AvgIpc) is 3.13. The zero-order chi connectivity index (χ0) is 37.4. The Bertz CT molecular complexity index is 1250. The molecule has 3 aromatic carbocycles. The number of halogens is 3. The number of esters is 1. The number of morpholine rings is 1. The van der Waals surface area contributed by atoms with E-state index in [2.05, 4.69) is 103 Å². The summed E-state index contributed by atoms with van der Waals surface area (Å²) in [7, 11) is -0.0146. The average molecular weight is 734 g/mol. The van der Waals surface area contributed by atoms with Crippen molar-refractivity contribution in [3.05, 3.63) is 91.0 Å². The summed E-state index contributed by atoms with van der Waals surface area (Å²) in [6, 6.07) is 32.2. The van der Waals surface area contributed by atoms with Gasteiger partial charge in [-0.3, -0.25) is 9.69 Å². The SMILES string of the molecule is CC(O)(C(=O)[O-])C(F)(F)F.CCCCCCCCCCCC(=O)OCCN1CCOCC1.c1ccc([S+](c2ccccc2)c2ccccc2)cc1. The minimum absolute atomic E-state index is 0.0146. The van der Waals surface area contributed by atoms with Crippen molar-refractivity contribution in [3.8, 4) is 0 Å². The largest absolute Gasteiger partial charge is 0.547 e. The Balaban J connectivity index is 0.000000283. The Hall–Kier alpha value is -3.38. The van der Waals surface area contributed by atoms with Crippen LogP contribution in [0.5, 0.6) is 0 Å². The maximum absolute atomic E-state index is 11.6. The monoisotopic (exact) mass is 733 g/mol. The number of carboxylic acid groups (broad SMARTS) is 1. The molecule has 1 aliphatic heterocycles. The van der Waals surface area contributed by atoms with Crippen LogP contribution in [0.3, 0.4) is 0 Å². The third-order valence-corrected chi connectivity index (χ3v) is 10.4. The van der Waals surface area contributed by atoms with Crippen molar-refractivity contribution in [2.45, 2.75) is 105 Å². The molecule has 0 amide bonds. The fraction of sp³-hybridized carbons (Fsp3) is 0.500. The van der Waals surface area contributed by atoms with Gasteiger partial charge in [0.15, 0.2) is 20.3 Å². The highest BCUT2D eigenvalue weighted by Crippen LogP contribution is 2.31. The first-order valence-corrected chi connectivity index (χ1v) is 19.1. The summed E-state index contributed by atoms with van der Waals surface area (Å²) < 4.78 is 44.8. The molecule has 1 aliphatic rings. The Kier molecular flexibility index (Phi) is 21.2. The fourth-order valence-corrected chi connectivity index (χ4v) is 7.06. The molecule has 11 heteroatoms. The highest BCUT2D eigenvalue weighted by molar-refractivity contribution is 7.97. The van der Waals surface area contributed by atoms with E-state index in [0.717, 1.165) is 45.7 Å². The summed E-state index contributed by atoms with van der Waals surface area (Å²) in [5.41, 5.74) is -3.76. The number of alkyl halides is 3. The van der Waals surface area contributed by atoms with Gasteiger partial charge in [0.1, 0.15) is 6.61 Å². The predicted octanol–water partition coefficient (Wildman–Crippen LogP) is 7.61. The van der Waals surface area contributed by atoms with Crippen LogP contribution in [0.1, 0.15) is 78.1 Å². The molecule has 3 aromatic rings. The molecule has 51 heavy (non-hydrogen) atoms. The van der Waals surface area contributed by atoms with Gasteiger partial charge in [0.05, 0.1) is 30.1 Å². The van der Waals surface area contributed by atoms with Crippen molar-refractivity contribution in [2.24, 2.45) is 0 Å². The van der Waals surface area contributed by atoms with Crippen molar-refractivity contribution in [2.75, 3.05) is 39.5 Å². The van der Waals surface area contributed by atoms with Gasteiger partial charge in [-0.25, -0.2) is 0 Å². The molecule has 0 radical (unpaired) electrons. The van der Waals surface area contributed by atoms with Crippen molar-refractivity contribution in [1.29, 1.82) is 0 Å². The van der Waals surface area contributed by atoms with Gasteiger partial charge in [-0.15, -0.1) is 0 Å². The lowest BCUT2D eigenvalue weighted by atomic mass is 10.1. The Morgan fingerprint density at radius 1 is 0.765 bits per heavy atom. The number of carbonyl (C=O) groups excluding carboxylic acids is 2. The van der Waals surface area contributed by atoms with Crippen LogP contribution >= 0.6 is 0 Å². The molecule has 1 heterocycles. The Labute approximate surface area is 304 Å². The van der Waals surface area contributed by atoms with Crippen LogP contribution in [0.4, 0.5) is 13.2 Å². The van der Waals surface area contributed by atoms with E-state index in [1.807, 2.05) is 0 Å². The zero-order valence-corrected chi connectivity index (χ0v) is 30.8. The first-order valence-electron chi connectivity index (χ1n) is 17.8. The lowest BCUT2D eigenvalue weighted by Crippen LogP contribution is -2.56. The molecular formula is C40H54F3NO6S. The number of nitrogens with zero attached hydrogens (tertiary/aromatic N) is 1. The maximum Gasteiger partial charge on any atom is 0.422 e. The first-order chi connectivity index (χ1) is 24.5. The van der Waals surface area contributed by atoms with Crippen molar-refractivity contribution >= 4 is 22.8 Å². The van der Waals surface area contributed by atoms with Gasteiger partial charge in [0.25, 0.3) is 0 Å². The molecule has 0 spiro atoms. The van der Waals surface area contributed by atoms with Crippen LogP contribution in [-0.2, 0) is 30.0 Å². The van der Waals surface area contributed by atoms with Gasteiger partial charge < -0.3 is 24.5 Å². The van der Waals surface area contributed by atoms with Crippen LogP contribution in [0.25, 0.3) is 0 Å². The number of aliphatic hydroxyl groups is 1. The van der Waals surface area contributed by atoms with Gasteiger partial charge in [-0.05, 0) is 49.7 Å². The summed E-state index contributed by atoms with van der Waals surface area (Å²) in [5, 5.41) is 17.7. The molecule has 7 nitrogen and oxygen atoms in total. The second-order valence-corrected chi connectivity index (χ2v) is 14.4. The third-order valence-electron chi connectivity index (χ3n) is 8.14. The van der Waals surface area contributed by atoms with Crippen LogP contribution in [0, 0.1) is 0 Å². The van der Waals surface area contributed by atoms with E-state index >= 15 is 0 Å². The molecule has 0 bridgehead atoms. The summed E-state index contributed by atoms with van der Waals surface area (Å²) in [6.45, 7) is 7.23. The molecule has 0 aliphatic carbocycles. The van der Waals surface area contributed by atoms with Crippen LogP contribution in [0.15, 0.2) is 106 Å². The maximum atomic E-state index is 11.6.